The molecule has 1 unspecified atom stereocenters. The number of hydrogen-bond donors (Lipinski definition) is 0. The number of sulfonamides is 1. The van der Waals surface area contributed by atoms with Crippen LogP contribution in [-0.2, 0) is 21.2 Å². The molecular weight excluding hydrogens is 416 g/mol. The first kappa shape index (κ1) is 18.9. The normalized spacial score (nSPS) is 16.5. The van der Waals surface area contributed by atoms with E-state index in [4.69, 9.17) is 0 Å². The summed E-state index contributed by atoms with van der Waals surface area (Å²) in [5, 5.41) is 0. The van der Waals surface area contributed by atoms with Crippen molar-refractivity contribution < 1.29 is 13.2 Å². The quantitative estimate of drug-likeness (QED) is 0.733. The summed E-state index contributed by atoms with van der Waals surface area (Å²) in [6.07, 6.45) is 0.630. The van der Waals surface area contributed by atoms with E-state index in [0.29, 0.717) is 22.3 Å². The lowest BCUT2D eigenvalue weighted by atomic mass is 10.1. The molecule has 138 valence electrons. The van der Waals surface area contributed by atoms with Gasteiger partial charge in [0.05, 0.1) is 11.4 Å². The standard InChI is InChI=1S/C19H21BrN2O3S/c1-12-6-5-7-17(8-12)21(4)26(24,25)18-11-16(20)10-15-9-13(2)22(14(3)23)19(15)18/h5-8,10-11,13H,9H2,1-4H3. The molecule has 26 heavy (non-hydrogen) atoms. The van der Waals surface area contributed by atoms with Crippen LogP contribution in [-0.4, -0.2) is 27.4 Å². The Bertz CT molecular complexity index is 988. The Morgan fingerprint density at radius 3 is 2.58 bits per heavy atom. The molecule has 0 fully saturated rings. The molecule has 0 saturated heterocycles. The number of anilines is 2. The summed E-state index contributed by atoms with van der Waals surface area (Å²) in [4.78, 5) is 13.9. The maximum Gasteiger partial charge on any atom is 0.266 e. The summed E-state index contributed by atoms with van der Waals surface area (Å²) in [6.45, 7) is 5.31. The predicted octanol–water partition coefficient (Wildman–Crippen LogP) is 3.88. The van der Waals surface area contributed by atoms with Crippen molar-refractivity contribution in [1.29, 1.82) is 0 Å². The minimum Gasteiger partial charge on any atom is -0.308 e. The number of benzene rings is 2. The van der Waals surface area contributed by atoms with Gasteiger partial charge in [-0.25, -0.2) is 8.42 Å². The molecular formula is C19H21BrN2O3S. The summed E-state index contributed by atoms with van der Waals surface area (Å²) in [7, 11) is -2.30. The molecule has 0 aromatic heterocycles. The van der Waals surface area contributed by atoms with Gasteiger partial charge in [-0.2, -0.15) is 0 Å². The molecule has 0 aliphatic carbocycles. The van der Waals surface area contributed by atoms with Gasteiger partial charge < -0.3 is 4.90 Å². The number of amides is 1. The maximum absolute atomic E-state index is 13.4. The molecule has 5 nitrogen and oxygen atoms in total. The van der Waals surface area contributed by atoms with Crippen LogP contribution in [0.3, 0.4) is 0 Å². The van der Waals surface area contributed by atoms with E-state index in [2.05, 4.69) is 15.9 Å². The van der Waals surface area contributed by atoms with E-state index < -0.39 is 10.0 Å². The Balaban J connectivity index is 2.19. The largest absolute Gasteiger partial charge is 0.308 e. The van der Waals surface area contributed by atoms with Crippen molar-refractivity contribution in [3.8, 4) is 0 Å². The number of carbonyl (C=O) groups excluding carboxylic acids is 1. The summed E-state index contributed by atoms with van der Waals surface area (Å²) in [5.41, 5.74) is 2.91. The number of fused-ring (bicyclic) bond motifs is 1. The minimum atomic E-state index is -3.84. The summed E-state index contributed by atoms with van der Waals surface area (Å²) >= 11 is 3.42. The molecule has 1 amide bonds. The zero-order valence-electron chi connectivity index (χ0n) is 15.2. The predicted molar refractivity (Wildman–Crippen MR) is 107 cm³/mol. The molecule has 0 N–H and O–H groups in total. The topological polar surface area (TPSA) is 57.7 Å². The lowest BCUT2D eigenvalue weighted by molar-refractivity contribution is -0.116. The Morgan fingerprint density at radius 2 is 1.96 bits per heavy atom. The van der Waals surface area contributed by atoms with Gasteiger partial charge in [0.2, 0.25) is 5.91 Å². The van der Waals surface area contributed by atoms with Crippen molar-refractivity contribution in [1.82, 2.24) is 0 Å². The van der Waals surface area contributed by atoms with Gasteiger partial charge in [0.15, 0.2) is 0 Å². The number of carbonyl (C=O) groups is 1. The highest BCUT2D eigenvalue weighted by Gasteiger charge is 2.36. The van der Waals surface area contributed by atoms with Crippen molar-refractivity contribution >= 4 is 43.2 Å². The third-order valence-electron chi connectivity index (χ3n) is 4.66. The van der Waals surface area contributed by atoms with E-state index in [0.717, 1.165) is 11.1 Å². The first-order valence-corrected chi connectivity index (χ1v) is 10.5. The molecule has 0 spiro atoms. The Labute approximate surface area is 162 Å². The van der Waals surface area contributed by atoms with Gasteiger partial charge >= 0.3 is 0 Å². The van der Waals surface area contributed by atoms with Gasteiger partial charge in [0, 0.05) is 24.5 Å². The van der Waals surface area contributed by atoms with Gasteiger partial charge in [0.25, 0.3) is 10.0 Å². The van der Waals surface area contributed by atoms with Crippen LogP contribution in [0.15, 0.2) is 45.8 Å². The molecule has 1 aliphatic rings. The molecule has 0 saturated carbocycles. The van der Waals surface area contributed by atoms with Gasteiger partial charge in [0.1, 0.15) is 4.90 Å². The molecule has 7 heteroatoms. The highest BCUT2D eigenvalue weighted by molar-refractivity contribution is 9.10. The lowest BCUT2D eigenvalue weighted by Crippen LogP contribution is -2.35. The molecule has 2 aromatic carbocycles. The monoisotopic (exact) mass is 436 g/mol. The van der Waals surface area contributed by atoms with Crippen molar-refractivity contribution in [2.24, 2.45) is 0 Å². The first-order valence-electron chi connectivity index (χ1n) is 8.30. The van der Waals surface area contributed by atoms with E-state index in [1.807, 2.05) is 38.1 Å². The summed E-state index contributed by atoms with van der Waals surface area (Å²) in [5.74, 6) is -0.159. The van der Waals surface area contributed by atoms with E-state index in [-0.39, 0.29) is 16.8 Å². The smallest absolute Gasteiger partial charge is 0.266 e. The van der Waals surface area contributed by atoms with Crippen LogP contribution in [0.1, 0.15) is 25.0 Å². The Hall–Kier alpha value is -1.86. The Kier molecular flexibility index (Phi) is 4.88. The lowest BCUT2D eigenvalue weighted by Gasteiger charge is -2.26. The molecule has 1 atom stereocenters. The molecule has 3 rings (SSSR count). The second-order valence-corrected chi connectivity index (χ2v) is 9.52. The van der Waals surface area contributed by atoms with Crippen molar-refractivity contribution in [2.75, 3.05) is 16.3 Å². The molecule has 1 aliphatic heterocycles. The van der Waals surface area contributed by atoms with Crippen molar-refractivity contribution in [3.05, 3.63) is 52.0 Å². The van der Waals surface area contributed by atoms with E-state index in [1.54, 1.807) is 17.0 Å². The van der Waals surface area contributed by atoms with Crippen LogP contribution in [0, 0.1) is 6.92 Å². The number of aryl methyl sites for hydroxylation is 1. The van der Waals surface area contributed by atoms with Crippen LogP contribution in [0.4, 0.5) is 11.4 Å². The SMILES string of the molecule is CC(=O)N1c2c(cc(Br)cc2S(=O)(=O)N(C)c2cccc(C)c2)CC1C. The summed E-state index contributed by atoms with van der Waals surface area (Å²) < 4.78 is 28.7. The van der Waals surface area contributed by atoms with Gasteiger partial charge in [-0.3, -0.25) is 9.10 Å². The highest BCUT2D eigenvalue weighted by Crippen LogP contribution is 2.41. The van der Waals surface area contributed by atoms with Crippen molar-refractivity contribution in [3.63, 3.8) is 0 Å². The molecule has 0 radical (unpaired) electrons. The summed E-state index contributed by atoms with van der Waals surface area (Å²) in [6, 6.07) is 10.7. The molecule has 1 heterocycles. The number of hydrogen-bond acceptors (Lipinski definition) is 3. The van der Waals surface area contributed by atoms with Gasteiger partial charge in [-0.15, -0.1) is 0 Å². The first-order chi connectivity index (χ1) is 12.1. The van der Waals surface area contributed by atoms with Crippen LogP contribution < -0.4 is 9.21 Å². The van der Waals surface area contributed by atoms with Crippen molar-refractivity contribution in [2.45, 2.75) is 38.1 Å². The third kappa shape index (κ3) is 3.14. The van der Waals surface area contributed by atoms with Crippen LogP contribution in [0.25, 0.3) is 0 Å². The fraction of sp³-hybridized carbons (Fsp3) is 0.316. The van der Waals surface area contributed by atoms with E-state index in [9.17, 15) is 13.2 Å². The highest BCUT2D eigenvalue weighted by atomic mass is 79.9. The maximum atomic E-state index is 13.4. The van der Waals surface area contributed by atoms with E-state index in [1.165, 1.54) is 18.3 Å². The fourth-order valence-corrected chi connectivity index (χ4v) is 5.55. The number of nitrogens with zero attached hydrogens (tertiary/aromatic N) is 2. The minimum absolute atomic E-state index is 0.0741. The average molecular weight is 437 g/mol. The van der Waals surface area contributed by atoms with Crippen LogP contribution in [0.5, 0.6) is 0 Å². The van der Waals surface area contributed by atoms with E-state index >= 15 is 0 Å². The third-order valence-corrected chi connectivity index (χ3v) is 6.92. The second-order valence-electron chi connectivity index (χ2n) is 6.67. The zero-order chi connectivity index (χ0) is 19.2. The van der Waals surface area contributed by atoms with Gasteiger partial charge in [-0.1, -0.05) is 28.1 Å². The Morgan fingerprint density at radius 1 is 1.27 bits per heavy atom. The zero-order valence-corrected chi connectivity index (χ0v) is 17.6. The van der Waals surface area contributed by atoms with Crippen LogP contribution >= 0.6 is 15.9 Å². The number of halogens is 1. The number of rotatable bonds is 3. The van der Waals surface area contributed by atoms with Gasteiger partial charge in [-0.05, 0) is 55.7 Å². The average Bonchev–Trinajstić information content (AvgIpc) is 2.88. The second kappa shape index (κ2) is 6.70. The molecule has 0 bridgehead atoms. The fourth-order valence-electron chi connectivity index (χ4n) is 3.46. The van der Waals surface area contributed by atoms with Crippen LogP contribution in [0.2, 0.25) is 0 Å². The molecule has 2 aromatic rings.